The zero-order valence-corrected chi connectivity index (χ0v) is 18.1. The number of hydrogen-bond donors (Lipinski definition) is 1. The molecule has 166 valence electrons. The van der Waals surface area contributed by atoms with Crippen molar-refractivity contribution in [2.45, 2.75) is 19.8 Å². The minimum Gasteiger partial charge on any atom is -0.465 e. The Morgan fingerprint density at radius 1 is 1.19 bits per heavy atom. The molecule has 1 amide bonds. The van der Waals surface area contributed by atoms with Crippen molar-refractivity contribution in [1.82, 2.24) is 0 Å². The maximum absolute atomic E-state index is 12.3. The average Bonchev–Trinajstić information content (AvgIpc) is 2.70. The molecule has 0 aliphatic rings. The van der Waals surface area contributed by atoms with Crippen LogP contribution >= 0.6 is 0 Å². The predicted octanol–water partition coefficient (Wildman–Crippen LogP) is 2.87. The fourth-order valence-electron chi connectivity index (χ4n) is 2.92. The van der Waals surface area contributed by atoms with Gasteiger partial charge in [0.15, 0.2) is 0 Å². The minimum atomic E-state index is -3.74. The van der Waals surface area contributed by atoms with E-state index in [2.05, 4.69) is 10.1 Å². The Bertz CT molecular complexity index is 1100. The van der Waals surface area contributed by atoms with Gasteiger partial charge in [-0.25, -0.2) is 13.2 Å². The number of hydrogen-bond acceptors (Lipinski definition) is 7. The molecule has 0 atom stereocenters. The number of sulfonamides is 1. The van der Waals surface area contributed by atoms with E-state index in [-0.39, 0.29) is 42.0 Å². The summed E-state index contributed by atoms with van der Waals surface area (Å²) in [5.74, 6) is -1.01. The van der Waals surface area contributed by atoms with Gasteiger partial charge in [0.2, 0.25) is 15.9 Å². The van der Waals surface area contributed by atoms with Crippen molar-refractivity contribution in [2.24, 2.45) is 0 Å². The van der Waals surface area contributed by atoms with Crippen LogP contribution in [0.15, 0.2) is 42.5 Å². The molecule has 0 spiro atoms. The molecule has 2 aromatic rings. The number of nitrogens with zero attached hydrogens (tertiary/aromatic N) is 2. The summed E-state index contributed by atoms with van der Waals surface area (Å²) < 4.78 is 30.3. The highest BCUT2D eigenvalue weighted by molar-refractivity contribution is 7.92. The largest absolute Gasteiger partial charge is 0.465 e. The first-order chi connectivity index (χ1) is 14.5. The van der Waals surface area contributed by atoms with E-state index in [9.17, 15) is 28.1 Å². The van der Waals surface area contributed by atoms with E-state index in [1.54, 1.807) is 25.1 Å². The van der Waals surface area contributed by atoms with Gasteiger partial charge in [-0.1, -0.05) is 18.2 Å². The number of anilines is 2. The third-order valence-electron chi connectivity index (χ3n) is 4.44. The van der Waals surface area contributed by atoms with E-state index in [0.29, 0.717) is 5.56 Å². The average molecular weight is 449 g/mol. The number of nitrogens with one attached hydrogen (secondary N) is 1. The summed E-state index contributed by atoms with van der Waals surface area (Å²) in [6.07, 6.45) is 1.12. The number of nitro groups is 1. The number of amides is 1. The summed E-state index contributed by atoms with van der Waals surface area (Å²) >= 11 is 0. The molecule has 0 unspecified atom stereocenters. The van der Waals surface area contributed by atoms with Gasteiger partial charge in [0.1, 0.15) is 0 Å². The minimum absolute atomic E-state index is 0.0322. The molecule has 0 aliphatic heterocycles. The molecule has 31 heavy (non-hydrogen) atoms. The Balaban J connectivity index is 2.12. The first-order valence-electron chi connectivity index (χ1n) is 9.24. The molecule has 0 saturated heterocycles. The molecule has 0 radical (unpaired) electrons. The van der Waals surface area contributed by atoms with Crippen molar-refractivity contribution in [3.8, 4) is 0 Å². The van der Waals surface area contributed by atoms with Gasteiger partial charge in [-0.2, -0.15) is 0 Å². The molecule has 0 aliphatic carbocycles. The van der Waals surface area contributed by atoms with Crippen LogP contribution in [0.2, 0.25) is 0 Å². The van der Waals surface area contributed by atoms with Crippen molar-refractivity contribution in [1.29, 1.82) is 0 Å². The molecule has 0 bridgehead atoms. The molecular weight excluding hydrogens is 426 g/mol. The number of non-ortho nitro benzene ring substituents is 1. The van der Waals surface area contributed by atoms with E-state index < -0.39 is 26.8 Å². The maximum Gasteiger partial charge on any atom is 0.339 e. The summed E-state index contributed by atoms with van der Waals surface area (Å²) in [6.45, 7) is 1.60. The van der Waals surface area contributed by atoms with Gasteiger partial charge in [-0.3, -0.25) is 19.2 Å². The van der Waals surface area contributed by atoms with Gasteiger partial charge < -0.3 is 10.1 Å². The van der Waals surface area contributed by atoms with Crippen molar-refractivity contribution in [3.05, 3.63) is 63.7 Å². The van der Waals surface area contributed by atoms with E-state index in [4.69, 9.17) is 0 Å². The van der Waals surface area contributed by atoms with Crippen molar-refractivity contribution in [3.63, 3.8) is 0 Å². The molecule has 11 heteroatoms. The molecule has 0 fully saturated rings. The quantitative estimate of drug-likeness (QED) is 0.353. The standard InChI is InChI=1S/C20H23N3O7S/c1-14-10-11-15(23(26)27)13-18(14)22(31(3,28)29)12-6-9-19(24)21-17-8-5-4-7-16(17)20(25)30-2/h4-5,7-8,10-11,13H,6,9,12H2,1-3H3,(H,21,24). The second kappa shape index (κ2) is 10.0. The lowest BCUT2D eigenvalue weighted by Crippen LogP contribution is -2.32. The Labute approximate surface area is 180 Å². The fraction of sp³-hybridized carbons (Fsp3) is 0.300. The van der Waals surface area contributed by atoms with Crippen LogP contribution in [-0.2, 0) is 19.6 Å². The fourth-order valence-corrected chi connectivity index (χ4v) is 3.94. The van der Waals surface area contributed by atoms with Crippen LogP contribution in [0.3, 0.4) is 0 Å². The SMILES string of the molecule is COC(=O)c1ccccc1NC(=O)CCCN(c1cc([N+](=O)[O-])ccc1C)S(C)(=O)=O. The van der Waals surface area contributed by atoms with Crippen molar-refractivity contribution < 1.29 is 27.7 Å². The third-order valence-corrected chi connectivity index (χ3v) is 5.62. The van der Waals surface area contributed by atoms with E-state index in [1.807, 2.05) is 0 Å². The number of benzene rings is 2. The first kappa shape index (κ1) is 23.8. The lowest BCUT2D eigenvalue weighted by atomic mass is 10.1. The van der Waals surface area contributed by atoms with Gasteiger partial charge in [0, 0.05) is 25.1 Å². The van der Waals surface area contributed by atoms with Crippen LogP contribution in [0.5, 0.6) is 0 Å². The highest BCUT2D eigenvalue weighted by Crippen LogP contribution is 2.28. The number of nitro benzene ring substituents is 1. The van der Waals surface area contributed by atoms with Crippen LogP contribution in [-0.4, -0.2) is 45.1 Å². The number of ether oxygens (including phenoxy) is 1. The normalized spacial score (nSPS) is 10.9. The zero-order chi connectivity index (χ0) is 23.2. The number of aryl methyl sites for hydroxylation is 1. The van der Waals surface area contributed by atoms with Crippen molar-refractivity contribution in [2.75, 3.05) is 29.5 Å². The van der Waals surface area contributed by atoms with Crippen LogP contribution in [0.4, 0.5) is 17.1 Å². The number of rotatable bonds is 9. The number of carbonyl (C=O) groups excluding carboxylic acids is 2. The second-order valence-corrected chi connectivity index (χ2v) is 8.66. The summed E-state index contributed by atoms with van der Waals surface area (Å²) in [6, 6.07) is 10.3. The van der Waals surface area contributed by atoms with Gasteiger partial charge >= 0.3 is 5.97 Å². The number of carbonyl (C=O) groups is 2. The van der Waals surface area contributed by atoms with E-state index >= 15 is 0 Å². The molecule has 0 aromatic heterocycles. The van der Waals surface area contributed by atoms with Crippen LogP contribution in [0, 0.1) is 17.0 Å². The molecule has 1 N–H and O–H groups in total. The Morgan fingerprint density at radius 3 is 2.48 bits per heavy atom. The van der Waals surface area contributed by atoms with E-state index in [0.717, 1.165) is 10.6 Å². The summed E-state index contributed by atoms with van der Waals surface area (Å²) in [4.78, 5) is 34.6. The van der Waals surface area contributed by atoms with Gasteiger partial charge in [0.05, 0.1) is 35.2 Å². The number of para-hydroxylation sites is 1. The highest BCUT2D eigenvalue weighted by atomic mass is 32.2. The van der Waals surface area contributed by atoms with Gasteiger partial charge in [0.25, 0.3) is 5.69 Å². The van der Waals surface area contributed by atoms with Crippen LogP contribution in [0.25, 0.3) is 0 Å². The van der Waals surface area contributed by atoms with E-state index in [1.165, 1.54) is 31.4 Å². The number of esters is 1. The van der Waals surface area contributed by atoms with Gasteiger partial charge in [-0.05, 0) is 31.0 Å². The van der Waals surface area contributed by atoms with Crippen molar-refractivity contribution >= 4 is 39.0 Å². The summed E-state index contributed by atoms with van der Waals surface area (Å²) in [7, 11) is -2.51. The Kier molecular flexibility index (Phi) is 7.70. The highest BCUT2D eigenvalue weighted by Gasteiger charge is 2.22. The van der Waals surface area contributed by atoms with Crippen LogP contribution < -0.4 is 9.62 Å². The molecule has 0 saturated carbocycles. The molecule has 0 heterocycles. The van der Waals surface area contributed by atoms with Crippen LogP contribution in [0.1, 0.15) is 28.8 Å². The lowest BCUT2D eigenvalue weighted by molar-refractivity contribution is -0.384. The summed E-state index contributed by atoms with van der Waals surface area (Å²) in [5, 5.41) is 13.7. The monoisotopic (exact) mass is 449 g/mol. The third kappa shape index (κ3) is 6.25. The summed E-state index contributed by atoms with van der Waals surface area (Å²) in [5.41, 5.74) is 0.990. The topological polar surface area (TPSA) is 136 Å². The Morgan fingerprint density at radius 2 is 1.87 bits per heavy atom. The molecule has 2 aromatic carbocycles. The molecule has 2 rings (SSSR count). The maximum atomic E-state index is 12.3. The lowest BCUT2D eigenvalue weighted by Gasteiger charge is -2.24. The smallest absolute Gasteiger partial charge is 0.339 e. The van der Waals surface area contributed by atoms with Gasteiger partial charge in [-0.15, -0.1) is 0 Å². The second-order valence-electron chi connectivity index (χ2n) is 6.75. The Hall–Kier alpha value is -3.47. The molecule has 10 nitrogen and oxygen atoms in total. The number of methoxy groups -OCH3 is 1. The molecular formula is C20H23N3O7S. The first-order valence-corrected chi connectivity index (χ1v) is 11.1. The zero-order valence-electron chi connectivity index (χ0n) is 17.3. The predicted molar refractivity (Wildman–Crippen MR) is 116 cm³/mol.